The van der Waals surface area contributed by atoms with Gasteiger partial charge < -0.3 is 4.74 Å². The van der Waals surface area contributed by atoms with E-state index < -0.39 is 0 Å². The molecule has 0 heterocycles. The molecule has 0 bridgehead atoms. The van der Waals surface area contributed by atoms with Gasteiger partial charge in [-0.25, -0.2) is 0 Å². The quantitative estimate of drug-likeness (QED) is 0.153. The fourth-order valence-corrected chi connectivity index (χ4v) is 10.5. The summed E-state index contributed by atoms with van der Waals surface area (Å²) in [6.07, 6.45) is 31.8. The van der Waals surface area contributed by atoms with Crippen LogP contribution in [0.15, 0.2) is 11.6 Å². The van der Waals surface area contributed by atoms with E-state index in [-0.39, 0.29) is 12.1 Å². The summed E-state index contributed by atoms with van der Waals surface area (Å²) < 4.78 is 6.10. The lowest BCUT2D eigenvalue weighted by Gasteiger charge is -2.58. The molecule has 4 fully saturated rings. The van der Waals surface area contributed by atoms with Crippen molar-refractivity contribution in [3.05, 3.63) is 11.6 Å². The van der Waals surface area contributed by atoms with Crippen molar-refractivity contribution in [2.24, 2.45) is 40.4 Å². The zero-order chi connectivity index (χ0) is 26.6. The molecule has 0 amide bonds. The number of unbranched alkanes of at least 4 members (excludes halogenated alkanes) is 5. The molecule has 0 saturated heterocycles. The molecule has 0 spiro atoms. The van der Waals surface area contributed by atoms with Crippen molar-refractivity contribution in [3.8, 4) is 0 Å². The van der Waals surface area contributed by atoms with Crippen LogP contribution >= 0.6 is 0 Å². The Labute approximate surface area is 235 Å². The van der Waals surface area contributed by atoms with Crippen LogP contribution in [0.2, 0.25) is 0 Å². The maximum atomic E-state index is 12.7. The Morgan fingerprint density at radius 2 is 1.66 bits per heavy atom. The van der Waals surface area contributed by atoms with Crippen molar-refractivity contribution in [2.75, 3.05) is 0 Å². The average Bonchev–Trinajstić information content (AvgIpc) is 3.26. The molecule has 0 aliphatic heterocycles. The molecule has 0 aromatic rings. The Hall–Kier alpha value is -0.790. The molecule has 5 aliphatic carbocycles. The highest BCUT2D eigenvalue weighted by Crippen LogP contribution is 2.66. The summed E-state index contributed by atoms with van der Waals surface area (Å²) in [5.41, 5.74) is 2.60. The first-order valence-electron chi connectivity index (χ1n) is 17.3. The van der Waals surface area contributed by atoms with E-state index in [0.29, 0.717) is 17.3 Å². The van der Waals surface area contributed by atoms with E-state index in [1.807, 2.05) is 0 Å². The Morgan fingerprint density at radius 3 is 2.47 bits per heavy atom. The predicted molar refractivity (Wildman–Crippen MR) is 159 cm³/mol. The first kappa shape index (κ1) is 28.7. The van der Waals surface area contributed by atoms with Gasteiger partial charge in [-0.3, -0.25) is 4.79 Å². The van der Waals surface area contributed by atoms with Crippen LogP contribution < -0.4 is 0 Å². The summed E-state index contributed by atoms with van der Waals surface area (Å²) >= 11 is 0. The minimum absolute atomic E-state index is 0.0780. The van der Waals surface area contributed by atoms with E-state index >= 15 is 0 Å². The lowest BCUT2D eigenvalue weighted by atomic mass is 9.47. The smallest absolute Gasteiger partial charge is 0.306 e. The van der Waals surface area contributed by atoms with Crippen LogP contribution in [-0.2, 0) is 9.53 Å². The van der Waals surface area contributed by atoms with Crippen molar-refractivity contribution in [2.45, 2.75) is 168 Å². The van der Waals surface area contributed by atoms with Crippen molar-refractivity contribution < 1.29 is 9.53 Å². The Kier molecular flexibility index (Phi) is 9.68. The minimum Gasteiger partial charge on any atom is -0.462 e. The number of ether oxygens (including phenoxy) is 1. The zero-order valence-electron chi connectivity index (χ0n) is 25.4. The molecule has 2 heteroatoms. The summed E-state index contributed by atoms with van der Waals surface area (Å²) in [6, 6.07) is 0. The fourth-order valence-electron chi connectivity index (χ4n) is 10.5. The number of allylic oxidation sites excluding steroid dienone is 1. The van der Waals surface area contributed by atoms with Gasteiger partial charge in [0.2, 0.25) is 0 Å². The molecule has 7 atom stereocenters. The van der Waals surface area contributed by atoms with Crippen LogP contribution in [0.1, 0.15) is 162 Å². The predicted octanol–water partition coefficient (Wildman–Crippen LogP) is 10.6. The summed E-state index contributed by atoms with van der Waals surface area (Å²) in [6.45, 7) is 7.62. The largest absolute Gasteiger partial charge is 0.462 e. The lowest BCUT2D eigenvalue weighted by molar-refractivity contribution is -0.152. The van der Waals surface area contributed by atoms with Crippen molar-refractivity contribution >= 4 is 5.97 Å². The van der Waals surface area contributed by atoms with Gasteiger partial charge in [0, 0.05) is 12.8 Å². The van der Waals surface area contributed by atoms with Gasteiger partial charge in [0.1, 0.15) is 6.10 Å². The van der Waals surface area contributed by atoms with Gasteiger partial charge in [-0.1, -0.05) is 103 Å². The molecular weight excluding hydrogens is 464 g/mol. The molecule has 38 heavy (non-hydrogen) atoms. The van der Waals surface area contributed by atoms with Crippen LogP contribution in [0.3, 0.4) is 0 Å². The number of esters is 1. The zero-order valence-corrected chi connectivity index (χ0v) is 25.4. The molecule has 0 aromatic carbocycles. The third-order valence-electron chi connectivity index (χ3n) is 12.9. The summed E-state index contributed by atoms with van der Waals surface area (Å²) in [5.74, 6) is 4.51. The molecule has 4 saturated carbocycles. The first-order valence-corrected chi connectivity index (χ1v) is 17.3. The molecule has 0 radical (unpaired) electrons. The topological polar surface area (TPSA) is 26.3 Å². The minimum atomic E-state index is 0.0780. The number of carbonyl (C=O) groups excluding carboxylic acids is 1. The summed E-state index contributed by atoms with van der Waals surface area (Å²) in [5, 5.41) is 0. The number of fused-ring (bicyclic) bond motifs is 5. The van der Waals surface area contributed by atoms with E-state index in [1.54, 1.807) is 5.57 Å². The lowest BCUT2D eigenvalue weighted by Crippen LogP contribution is -2.50. The molecule has 2 nitrogen and oxygen atoms in total. The summed E-state index contributed by atoms with van der Waals surface area (Å²) in [7, 11) is 0. The van der Waals surface area contributed by atoms with Gasteiger partial charge in [-0.05, 0) is 98.2 Å². The molecule has 0 aromatic heterocycles. The summed E-state index contributed by atoms with van der Waals surface area (Å²) in [4.78, 5) is 12.7. The van der Waals surface area contributed by atoms with E-state index in [1.165, 1.54) is 116 Å². The van der Waals surface area contributed by atoms with E-state index in [2.05, 4.69) is 26.8 Å². The normalized spacial score (nSPS) is 39.1. The van der Waals surface area contributed by atoms with Crippen molar-refractivity contribution in [1.29, 1.82) is 0 Å². The van der Waals surface area contributed by atoms with Crippen molar-refractivity contribution in [3.63, 3.8) is 0 Å². The Balaban J connectivity index is 1.13. The van der Waals surface area contributed by atoms with Crippen LogP contribution in [0.5, 0.6) is 0 Å². The first-order chi connectivity index (χ1) is 18.4. The molecule has 216 valence electrons. The second-order valence-electron chi connectivity index (χ2n) is 15.0. The van der Waals surface area contributed by atoms with E-state index in [9.17, 15) is 4.79 Å². The van der Waals surface area contributed by atoms with Crippen LogP contribution in [0.25, 0.3) is 0 Å². The maximum Gasteiger partial charge on any atom is 0.306 e. The highest BCUT2D eigenvalue weighted by Gasteiger charge is 2.58. The number of hydrogen-bond acceptors (Lipinski definition) is 2. The molecule has 0 N–H and O–H groups in total. The maximum absolute atomic E-state index is 12.7. The van der Waals surface area contributed by atoms with E-state index in [0.717, 1.165) is 48.9 Å². The second kappa shape index (κ2) is 12.8. The van der Waals surface area contributed by atoms with Gasteiger partial charge in [0.25, 0.3) is 0 Å². The SMILES string of the molecule is CCCCCCCCC1CCC2C3CC=C4C[C@@H](OC(=O)CCC5CCCCC5)CC[C@]4(C)C3CC[C@]12C. The third-order valence-corrected chi connectivity index (χ3v) is 12.9. The molecule has 5 aliphatic rings. The highest BCUT2D eigenvalue weighted by atomic mass is 16.5. The van der Waals surface area contributed by atoms with Gasteiger partial charge in [-0.15, -0.1) is 0 Å². The van der Waals surface area contributed by atoms with Gasteiger partial charge in [0.15, 0.2) is 0 Å². The third kappa shape index (κ3) is 6.10. The molecular formula is C36H60O2. The van der Waals surface area contributed by atoms with Crippen LogP contribution in [-0.4, -0.2) is 12.1 Å². The van der Waals surface area contributed by atoms with Crippen LogP contribution in [0.4, 0.5) is 0 Å². The van der Waals surface area contributed by atoms with Gasteiger partial charge in [-0.2, -0.15) is 0 Å². The monoisotopic (exact) mass is 524 g/mol. The number of hydrogen-bond donors (Lipinski definition) is 0. The number of rotatable bonds is 11. The van der Waals surface area contributed by atoms with Gasteiger partial charge >= 0.3 is 5.97 Å². The second-order valence-corrected chi connectivity index (χ2v) is 15.0. The Morgan fingerprint density at radius 1 is 0.868 bits per heavy atom. The van der Waals surface area contributed by atoms with Crippen LogP contribution in [0, 0.1) is 40.4 Å². The standard InChI is InChI=1S/C36H60O2/c1-4-5-6-7-8-12-15-28-18-20-32-31-19-17-29-26-30(38-34(37)21-16-27-13-10-9-11-14-27)22-24-36(29,3)33(31)23-25-35(28,32)2/h17,27-28,30-33H,4-16,18-26H2,1-3H3/t28?,30-,31?,32?,33?,35+,36-/m0/s1. The molecule has 4 unspecified atom stereocenters. The average molecular weight is 525 g/mol. The number of carbonyl (C=O) groups is 1. The van der Waals surface area contributed by atoms with E-state index in [4.69, 9.17) is 4.74 Å². The fraction of sp³-hybridized carbons (Fsp3) is 0.917. The van der Waals surface area contributed by atoms with Crippen molar-refractivity contribution in [1.82, 2.24) is 0 Å². The Bertz CT molecular complexity index is 808. The van der Waals surface area contributed by atoms with Gasteiger partial charge in [0.05, 0.1) is 0 Å². The molecule has 5 rings (SSSR count). The highest BCUT2D eigenvalue weighted by molar-refractivity contribution is 5.69.